The number of ether oxygens (including phenoxy) is 1. The van der Waals surface area contributed by atoms with Crippen molar-refractivity contribution in [3.8, 4) is 0 Å². The fraction of sp³-hybridized carbons (Fsp3) is 0.688. The first kappa shape index (κ1) is 22.8. The summed E-state index contributed by atoms with van der Waals surface area (Å²) in [4.78, 5) is 33.7. The van der Waals surface area contributed by atoms with Crippen molar-refractivity contribution in [3.63, 3.8) is 0 Å². The number of hydrogen-bond acceptors (Lipinski definition) is 8. The first-order valence-electron chi connectivity index (χ1n) is 8.40. The summed E-state index contributed by atoms with van der Waals surface area (Å²) in [5.41, 5.74) is 0. The third-order valence-electron chi connectivity index (χ3n) is 4.10. The molecule has 1 amide bonds. The van der Waals surface area contributed by atoms with Gasteiger partial charge < -0.3 is 40.9 Å². The summed E-state index contributed by atoms with van der Waals surface area (Å²) < 4.78 is 5.25. The van der Waals surface area contributed by atoms with Gasteiger partial charge in [0.1, 0.15) is 18.3 Å². The first-order valence-corrected chi connectivity index (χ1v) is 8.40. The van der Waals surface area contributed by atoms with E-state index in [1.54, 1.807) is 6.92 Å². The fourth-order valence-electron chi connectivity index (χ4n) is 2.77. The minimum atomic E-state index is -1.69. The fourth-order valence-corrected chi connectivity index (χ4v) is 2.77. The van der Waals surface area contributed by atoms with E-state index in [0.29, 0.717) is 0 Å². The van der Waals surface area contributed by atoms with Crippen molar-refractivity contribution in [2.75, 3.05) is 6.61 Å². The van der Waals surface area contributed by atoms with Gasteiger partial charge in [0.25, 0.3) is 0 Å². The molecule has 0 fully saturated rings. The number of aliphatic hydroxyl groups excluding tert-OH is 3. The second-order valence-corrected chi connectivity index (χ2v) is 6.41. The summed E-state index contributed by atoms with van der Waals surface area (Å²) in [5, 5.41) is 52.6. The number of amides is 1. The minimum absolute atomic E-state index is 0.118. The van der Waals surface area contributed by atoms with Gasteiger partial charge in [-0.05, 0) is 19.4 Å². The van der Waals surface area contributed by atoms with E-state index in [1.165, 1.54) is 13.0 Å². The van der Waals surface area contributed by atoms with E-state index in [-0.39, 0.29) is 18.9 Å². The Balaban J connectivity index is 3.14. The molecular formula is C16H26N2O9. The van der Waals surface area contributed by atoms with Gasteiger partial charge in [0, 0.05) is 19.4 Å². The average Bonchev–Trinajstić information content (AvgIpc) is 2.59. The summed E-state index contributed by atoms with van der Waals surface area (Å²) in [6.45, 7) is 2.10. The molecular weight excluding hydrogens is 364 g/mol. The van der Waals surface area contributed by atoms with Gasteiger partial charge in [-0.15, -0.1) is 0 Å². The lowest BCUT2D eigenvalue weighted by Crippen LogP contribution is -2.63. The van der Waals surface area contributed by atoms with E-state index in [1.807, 2.05) is 0 Å². The number of carbonyl (C=O) groups is 3. The zero-order chi connectivity index (χ0) is 20.7. The summed E-state index contributed by atoms with van der Waals surface area (Å²) in [6, 6.07) is -2.18. The van der Waals surface area contributed by atoms with Crippen molar-refractivity contribution in [2.45, 2.75) is 63.1 Å². The zero-order valence-electron chi connectivity index (χ0n) is 15.0. The Hall–Kier alpha value is -2.21. The van der Waals surface area contributed by atoms with Crippen molar-refractivity contribution >= 4 is 17.8 Å². The molecule has 154 valence electrons. The molecule has 0 aromatic rings. The summed E-state index contributed by atoms with van der Waals surface area (Å²) >= 11 is 0. The molecule has 1 aliphatic rings. The number of aliphatic carboxylic acids is 2. The number of carboxylic acids is 2. The lowest BCUT2D eigenvalue weighted by Gasteiger charge is -2.41. The lowest BCUT2D eigenvalue weighted by atomic mass is 9.91. The van der Waals surface area contributed by atoms with Crippen molar-refractivity contribution in [1.82, 2.24) is 10.6 Å². The number of aliphatic hydroxyl groups is 3. The molecule has 0 saturated carbocycles. The van der Waals surface area contributed by atoms with Crippen LogP contribution >= 0.6 is 0 Å². The quantitative estimate of drug-likeness (QED) is 0.215. The molecule has 6 atom stereocenters. The van der Waals surface area contributed by atoms with Crippen LogP contribution in [0.5, 0.6) is 0 Å². The van der Waals surface area contributed by atoms with Crippen molar-refractivity contribution in [1.29, 1.82) is 0 Å². The van der Waals surface area contributed by atoms with E-state index < -0.39 is 60.6 Å². The molecule has 0 bridgehead atoms. The van der Waals surface area contributed by atoms with Crippen LogP contribution in [0.3, 0.4) is 0 Å². The highest BCUT2D eigenvalue weighted by atomic mass is 16.5. The Morgan fingerprint density at radius 1 is 1.26 bits per heavy atom. The van der Waals surface area contributed by atoms with Crippen LogP contribution in [0.4, 0.5) is 0 Å². The van der Waals surface area contributed by atoms with Gasteiger partial charge in [0.15, 0.2) is 0 Å². The number of carbonyl (C=O) groups excluding carboxylic acids is 1. The van der Waals surface area contributed by atoms with Crippen molar-refractivity contribution < 1.29 is 44.7 Å². The molecule has 0 aliphatic carbocycles. The van der Waals surface area contributed by atoms with E-state index in [0.717, 1.165) is 0 Å². The Morgan fingerprint density at radius 3 is 2.37 bits per heavy atom. The van der Waals surface area contributed by atoms with Crippen LogP contribution < -0.4 is 10.6 Å². The molecule has 1 aliphatic heterocycles. The molecule has 1 rings (SSSR count). The minimum Gasteiger partial charge on any atom is -0.481 e. The average molecular weight is 390 g/mol. The van der Waals surface area contributed by atoms with Crippen LogP contribution in [-0.4, -0.2) is 86.4 Å². The highest BCUT2D eigenvalue weighted by Gasteiger charge is 2.43. The van der Waals surface area contributed by atoms with Gasteiger partial charge in [-0.2, -0.15) is 0 Å². The van der Waals surface area contributed by atoms with Crippen LogP contribution in [0.2, 0.25) is 0 Å². The maximum atomic E-state index is 11.6. The Bertz CT molecular complexity index is 580. The standard InChI is InChI=1S/C16H26N2O9/c1-7(3-4-12(22)23)17-9-5-11(16(25)26)27-15(13(9)18-8(2)20)14(24)10(21)6-19/h5,7,9-10,13-15,17,19,21,24H,3-4,6H2,1-2H3,(H,18,20)(H,22,23)(H,25,26)/t7?,9-,10+,13+,14+,15+/m0/s1. The normalized spacial score (nSPS) is 25.5. The van der Waals surface area contributed by atoms with E-state index in [2.05, 4.69) is 10.6 Å². The first-order chi connectivity index (χ1) is 12.6. The van der Waals surface area contributed by atoms with Crippen LogP contribution in [-0.2, 0) is 19.1 Å². The maximum absolute atomic E-state index is 11.6. The molecule has 7 N–H and O–H groups in total. The topological polar surface area (TPSA) is 186 Å². The molecule has 27 heavy (non-hydrogen) atoms. The second kappa shape index (κ2) is 10.2. The van der Waals surface area contributed by atoms with Crippen molar-refractivity contribution in [2.24, 2.45) is 0 Å². The van der Waals surface area contributed by atoms with Gasteiger partial charge in [0.2, 0.25) is 11.7 Å². The van der Waals surface area contributed by atoms with E-state index >= 15 is 0 Å². The third-order valence-corrected chi connectivity index (χ3v) is 4.10. The summed E-state index contributed by atoms with van der Waals surface area (Å²) in [7, 11) is 0. The summed E-state index contributed by atoms with van der Waals surface area (Å²) in [5.74, 6) is -3.41. The number of nitrogens with one attached hydrogen (secondary N) is 2. The molecule has 0 spiro atoms. The van der Waals surface area contributed by atoms with E-state index in [9.17, 15) is 29.7 Å². The second-order valence-electron chi connectivity index (χ2n) is 6.41. The number of carboxylic acid groups (broad SMARTS) is 2. The van der Waals surface area contributed by atoms with Crippen LogP contribution in [0.1, 0.15) is 26.7 Å². The van der Waals surface area contributed by atoms with Crippen LogP contribution in [0.15, 0.2) is 11.8 Å². The molecule has 0 aromatic carbocycles. The lowest BCUT2D eigenvalue weighted by molar-refractivity contribution is -0.146. The molecule has 1 heterocycles. The largest absolute Gasteiger partial charge is 0.481 e. The molecule has 0 aromatic heterocycles. The highest BCUT2D eigenvalue weighted by molar-refractivity contribution is 5.84. The zero-order valence-corrected chi connectivity index (χ0v) is 15.0. The predicted octanol–water partition coefficient (Wildman–Crippen LogP) is -2.22. The van der Waals surface area contributed by atoms with Gasteiger partial charge in [-0.1, -0.05) is 0 Å². The van der Waals surface area contributed by atoms with Gasteiger partial charge in [-0.25, -0.2) is 4.79 Å². The number of hydrogen-bond donors (Lipinski definition) is 7. The van der Waals surface area contributed by atoms with Crippen LogP contribution in [0, 0.1) is 0 Å². The number of rotatable bonds is 10. The monoisotopic (exact) mass is 390 g/mol. The van der Waals surface area contributed by atoms with Gasteiger partial charge in [-0.3, -0.25) is 9.59 Å². The third kappa shape index (κ3) is 6.79. The molecule has 11 nitrogen and oxygen atoms in total. The molecule has 0 radical (unpaired) electrons. The van der Waals surface area contributed by atoms with Gasteiger partial charge >= 0.3 is 11.9 Å². The molecule has 1 unspecified atom stereocenters. The maximum Gasteiger partial charge on any atom is 0.370 e. The van der Waals surface area contributed by atoms with Crippen molar-refractivity contribution in [3.05, 3.63) is 11.8 Å². The molecule has 0 saturated heterocycles. The van der Waals surface area contributed by atoms with Crippen LogP contribution in [0.25, 0.3) is 0 Å². The van der Waals surface area contributed by atoms with Gasteiger partial charge in [0.05, 0.1) is 18.7 Å². The SMILES string of the molecule is CC(=O)N[C@H]1[C@H]([C@H](O)[C@H](O)CO)OC(C(=O)O)=C[C@@H]1NC(C)CCC(=O)O. The van der Waals surface area contributed by atoms with E-state index in [4.69, 9.17) is 14.9 Å². The highest BCUT2D eigenvalue weighted by Crippen LogP contribution is 2.23. The predicted molar refractivity (Wildman–Crippen MR) is 90.6 cm³/mol. The smallest absolute Gasteiger partial charge is 0.370 e. The molecule has 11 heteroatoms. The Kier molecular flexibility index (Phi) is 8.63. The Labute approximate surface area is 155 Å². The summed E-state index contributed by atoms with van der Waals surface area (Å²) in [6.07, 6.45) is -3.35. The Morgan fingerprint density at radius 2 is 1.89 bits per heavy atom.